The van der Waals surface area contributed by atoms with Gasteiger partial charge in [0.05, 0.1) is 5.56 Å². The number of rotatable bonds is 5. The molecule has 0 bridgehead atoms. The van der Waals surface area contributed by atoms with Gasteiger partial charge in [-0.15, -0.1) is 0 Å². The summed E-state index contributed by atoms with van der Waals surface area (Å²) in [7, 11) is 0. The molecule has 0 amide bonds. The Kier molecular flexibility index (Phi) is 4.95. The number of nitrogens with one attached hydrogen (secondary N) is 1. The average molecular weight is 261 g/mol. The lowest BCUT2D eigenvalue weighted by atomic mass is 10.0. The van der Waals surface area contributed by atoms with Gasteiger partial charge in [-0.2, -0.15) is 13.2 Å². The standard InChI is InChI=1S/C12H18F3N3/c1-8(2)10(5-6-16)18-11-4-3-9(7-17-11)12(13,14)15/h3-4,7-8,10H,5-6,16H2,1-2H3,(H,17,18). The Morgan fingerprint density at radius 3 is 2.39 bits per heavy atom. The molecule has 0 radical (unpaired) electrons. The van der Waals surface area contributed by atoms with Crippen molar-refractivity contribution in [2.24, 2.45) is 11.7 Å². The lowest BCUT2D eigenvalue weighted by Crippen LogP contribution is -2.28. The first-order valence-electron chi connectivity index (χ1n) is 5.84. The second-order valence-corrected chi connectivity index (χ2v) is 4.50. The van der Waals surface area contributed by atoms with E-state index >= 15 is 0 Å². The number of nitrogens with two attached hydrogens (primary N) is 1. The third-order valence-corrected chi connectivity index (χ3v) is 2.71. The highest BCUT2D eigenvalue weighted by atomic mass is 19.4. The van der Waals surface area contributed by atoms with Gasteiger partial charge in [0, 0.05) is 12.2 Å². The number of alkyl halides is 3. The van der Waals surface area contributed by atoms with Crippen LogP contribution in [0.25, 0.3) is 0 Å². The van der Waals surface area contributed by atoms with Crippen LogP contribution in [0, 0.1) is 5.92 Å². The molecule has 0 aliphatic rings. The minimum atomic E-state index is -4.35. The lowest BCUT2D eigenvalue weighted by Gasteiger charge is -2.22. The first-order chi connectivity index (χ1) is 8.34. The zero-order valence-electron chi connectivity index (χ0n) is 10.5. The third kappa shape index (κ3) is 4.18. The van der Waals surface area contributed by atoms with Crippen LogP contribution in [-0.2, 0) is 6.18 Å². The molecule has 1 aromatic rings. The van der Waals surface area contributed by atoms with Crippen molar-refractivity contribution in [3.63, 3.8) is 0 Å². The summed E-state index contributed by atoms with van der Waals surface area (Å²) in [4.78, 5) is 3.78. The van der Waals surface area contributed by atoms with Gasteiger partial charge in [-0.05, 0) is 31.0 Å². The molecule has 0 saturated heterocycles. The van der Waals surface area contributed by atoms with Gasteiger partial charge < -0.3 is 11.1 Å². The summed E-state index contributed by atoms with van der Waals surface area (Å²) >= 11 is 0. The largest absolute Gasteiger partial charge is 0.417 e. The van der Waals surface area contributed by atoms with E-state index in [-0.39, 0.29) is 6.04 Å². The molecule has 1 rings (SSSR count). The molecule has 0 saturated carbocycles. The van der Waals surface area contributed by atoms with Gasteiger partial charge >= 0.3 is 6.18 Å². The lowest BCUT2D eigenvalue weighted by molar-refractivity contribution is -0.137. The zero-order chi connectivity index (χ0) is 13.8. The van der Waals surface area contributed by atoms with E-state index in [1.54, 1.807) is 0 Å². The Morgan fingerprint density at radius 2 is 2.00 bits per heavy atom. The van der Waals surface area contributed by atoms with Crippen LogP contribution in [0.1, 0.15) is 25.8 Å². The molecule has 0 aromatic carbocycles. The summed E-state index contributed by atoms with van der Waals surface area (Å²) in [5.74, 6) is 0.771. The van der Waals surface area contributed by atoms with Gasteiger partial charge in [0.15, 0.2) is 0 Å². The van der Waals surface area contributed by atoms with Gasteiger partial charge in [0.2, 0.25) is 0 Å². The fourth-order valence-electron chi connectivity index (χ4n) is 1.59. The number of nitrogens with zero attached hydrogens (tertiary/aromatic N) is 1. The van der Waals surface area contributed by atoms with E-state index in [2.05, 4.69) is 10.3 Å². The highest BCUT2D eigenvalue weighted by Crippen LogP contribution is 2.29. The maximum atomic E-state index is 12.4. The van der Waals surface area contributed by atoms with E-state index in [9.17, 15) is 13.2 Å². The van der Waals surface area contributed by atoms with Crippen LogP contribution >= 0.6 is 0 Å². The first-order valence-corrected chi connectivity index (χ1v) is 5.84. The van der Waals surface area contributed by atoms with Crippen molar-refractivity contribution in [3.05, 3.63) is 23.9 Å². The molecule has 18 heavy (non-hydrogen) atoms. The van der Waals surface area contributed by atoms with E-state index in [1.807, 2.05) is 13.8 Å². The maximum absolute atomic E-state index is 12.4. The van der Waals surface area contributed by atoms with Crippen molar-refractivity contribution < 1.29 is 13.2 Å². The normalized spacial score (nSPS) is 13.7. The molecule has 0 spiro atoms. The fourth-order valence-corrected chi connectivity index (χ4v) is 1.59. The summed E-state index contributed by atoms with van der Waals surface area (Å²) < 4.78 is 37.1. The Bertz CT molecular complexity index is 360. The SMILES string of the molecule is CC(C)C(CCN)Nc1ccc(C(F)(F)F)cn1. The predicted molar refractivity (Wildman–Crippen MR) is 65.2 cm³/mol. The van der Waals surface area contributed by atoms with E-state index in [4.69, 9.17) is 5.73 Å². The smallest absolute Gasteiger partial charge is 0.367 e. The second-order valence-electron chi connectivity index (χ2n) is 4.50. The monoisotopic (exact) mass is 261 g/mol. The molecule has 3 nitrogen and oxygen atoms in total. The number of aromatic nitrogens is 1. The predicted octanol–water partition coefficient (Wildman–Crippen LogP) is 2.89. The van der Waals surface area contributed by atoms with Crippen molar-refractivity contribution in [2.75, 3.05) is 11.9 Å². The minimum Gasteiger partial charge on any atom is -0.367 e. The van der Waals surface area contributed by atoms with Crippen molar-refractivity contribution in [1.82, 2.24) is 4.98 Å². The highest BCUT2D eigenvalue weighted by molar-refractivity contribution is 5.37. The minimum absolute atomic E-state index is 0.110. The second kappa shape index (κ2) is 6.04. The van der Waals surface area contributed by atoms with Crippen LogP contribution in [0.5, 0.6) is 0 Å². The third-order valence-electron chi connectivity index (χ3n) is 2.71. The number of hydrogen-bond acceptors (Lipinski definition) is 3. The molecule has 6 heteroatoms. The highest BCUT2D eigenvalue weighted by Gasteiger charge is 2.30. The fraction of sp³-hybridized carbons (Fsp3) is 0.583. The summed E-state index contributed by atoms with van der Waals surface area (Å²) in [6.45, 7) is 4.57. The van der Waals surface area contributed by atoms with Gasteiger partial charge in [-0.1, -0.05) is 13.8 Å². The van der Waals surface area contributed by atoms with Gasteiger partial charge in [0.1, 0.15) is 5.82 Å². The summed E-state index contributed by atoms with van der Waals surface area (Å²) in [5.41, 5.74) is 4.75. The van der Waals surface area contributed by atoms with E-state index in [1.165, 1.54) is 6.07 Å². The number of pyridine rings is 1. The van der Waals surface area contributed by atoms with Crippen molar-refractivity contribution >= 4 is 5.82 Å². The molecule has 0 aliphatic carbocycles. The van der Waals surface area contributed by atoms with Crippen LogP contribution in [0.2, 0.25) is 0 Å². The molecule has 1 aromatic heterocycles. The summed E-state index contributed by atoms with van der Waals surface area (Å²) in [6.07, 6.45) is -2.76. The van der Waals surface area contributed by atoms with Crippen LogP contribution in [0.4, 0.5) is 19.0 Å². The Balaban J connectivity index is 2.73. The number of anilines is 1. The molecule has 1 atom stereocenters. The van der Waals surface area contributed by atoms with Crippen molar-refractivity contribution in [1.29, 1.82) is 0 Å². The first kappa shape index (κ1) is 14.8. The van der Waals surface area contributed by atoms with Crippen LogP contribution in [-0.4, -0.2) is 17.6 Å². The topological polar surface area (TPSA) is 50.9 Å². The molecule has 0 fully saturated rings. The molecule has 1 unspecified atom stereocenters. The van der Waals surface area contributed by atoms with Crippen molar-refractivity contribution in [3.8, 4) is 0 Å². The molecule has 0 aliphatic heterocycles. The van der Waals surface area contributed by atoms with E-state index in [0.29, 0.717) is 18.3 Å². The summed E-state index contributed by atoms with van der Waals surface area (Å²) in [6, 6.07) is 2.48. The number of hydrogen-bond donors (Lipinski definition) is 2. The number of halogens is 3. The van der Waals surface area contributed by atoms with Crippen LogP contribution < -0.4 is 11.1 Å². The van der Waals surface area contributed by atoms with E-state index < -0.39 is 11.7 Å². The Morgan fingerprint density at radius 1 is 1.33 bits per heavy atom. The quantitative estimate of drug-likeness (QED) is 0.857. The molecule has 3 N–H and O–H groups in total. The van der Waals surface area contributed by atoms with Gasteiger partial charge in [0.25, 0.3) is 0 Å². The molecular weight excluding hydrogens is 243 g/mol. The van der Waals surface area contributed by atoms with Crippen LogP contribution in [0.15, 0.2) is 18.3 Å². The zero-order valence-corrected chi connectivity index (χ0v) is 10.5. The van der Waals surface area contributed by atoms with Gasteiger partial charge in [-0.25, -0.2) is 4.98 Å². The van der Waals surface area contributed by atoms with Crippen molar-refractivity contribution in [2.45, 2.75) is 32.5 Å². The van der Waals surface area contributed by atoms with E-state index in [0.717, 1.165) is 18.7 Å². The Labute approximate surface area is 105 Å². The molecule has 102 valence electrons. The molecule has 1 heterocycles. The average Bonchev–Trinajstić information content (AvgIpc) is 2.28. The maximum Gasteiger partial charge on any atom is 0.417 e. The van der Waals surface area contributed by atoms with Crippen LogP contribution in [0.3, 0.4) is 0 Å². The Hall–Kier alpha value is -1.30. The summed E-state index contributed by atoms with van der Waals surface area (Å²) in [5, 5.41) is 3.10. The van der Waals surface area contributed by atoms with Gasteiger partial charge in [-0.3, -0.25) is 0 Å². The molecular formula is C12H18F3N3.